The predicted molar refractivity (Wildman–Crippen MR) is 305 cm³/mol. The number of amides is 1. The summed E-state index contributed by atoms with van der Waals surface area (Å²) in [7, 11) is -4.29. The van der Waals surface area contributed by atoms with Crippen molar-refractivity contribution in [1.82, 2.24) is 33.9 Å². The van der Waals surface area contributed by atoms with Gasteiger partial charge in [0.05, 0.1) is 49.6 Å². The van der Waals surface area contributed by atoms with Crippen LogP contribution in [-0.2, 0) is 52.2 Å². The van der Waals surface area contributed by atoms with Crippen molar-refractivity contribution in [3.63, 3.8) is 0 Å². The number of hydrogen-bond donors (Lipinski definition) is 2. The maximum Gasteiger partial charge on any atom is 0.247 e. The minimum absolute atomic E-state index is 0. The first kappa shape index (κ1) is 64.5. The Labute approximate surface area is 480 Å². The van der Waals surface area contributed by atoms with Crippen LogP contribution in [0.4, 0.5) is 0 Å². The molecule has 0 spiro atoms. The Bertz CT molecular complexity index is 3110. The van der Waals surface area contributed by atoms with Gasteiger partial charge in [-0.05, 0) is 147 Å². The van der Waals surface area contributed by atoms with Crippen LogP contribution in [0.5, 0.6) is 34.8 Å². The van der Waals surface area contributed by atoms with Gasteiger partial charge in [-0.3, -0.25) is 19.6 Å². The minimum Gasteiger partial charge on any atom is -0.497 e. The lowest BCUT2D eigenvalue weighted by atomic mass is 10.1. The van der Waals surface area contributed by atoms with Crippen molar-refractivity contribution >= 4 is 55.2 Å². The first-order chi connectivity index (χ1) is 37.9. The molecular formula is C56H70Cl2N8O12S2. The number of carbonyl (C=O) groups is 2. The smallest absolute Gasteiger partial charge is 0.247 e. The van der Waals surface area contributed by atoms with Crippen LogP contribution in [0.15, 0.2) is 120 Å². The van der Waals surface area contributed by atoms with E-state index in [9.17, 15) is 26.4 Å². The molecule has 2 aliphatic rings. The van der Waals surface area contributed by atoms with Crippen molar-refractivity contribution in [3.8, 4) is 34.8 Å². The first-order valence-electron chi connectivity index (χ1n) is 25.6. The summed E-state index contributed by atoms with van der Waals surface area (Å²) in [5.74, 6) is 3.20. The average Bonchev–Trinajstić information content (AvgIpc) is 3.57. The number of aryl methyl sites for hydroxylation is 4. The fraction of sp³-hybridized carbons (Fsp3) is 0.393. The maximum absolute atomic E-state index is 13.7. The van der Waals surface area contributed by atoms with Crippen molar-refractivity contribution in [2.45, 2.75) is 101 Å². The first-order valence-corrected chi connectivity index (χ1v) is 28.9. The fourth-order valence-corrected chi connectivity index (χ4v) is 13.4. The molecule has 2 fully saturated rings. The molecule has 2 saturated heterocycles. The molecule has 2 unspecified atom stereocenters. The quantitative estimate of drug-likeness (QED) is 0.0640. The maximum atomic E-state index is 13.7. The van der Waals surface area contributed by atoms with E-state index >= 15 is 0 Å². The van der Waals surface area contributed by atoms with Crippen LogP contribution in [0.25, 0.3) is 0 Å². The van der Waals surface area contributed by atoms with Gasteiger partial charge in [-0.15, -0.1) is 12.4 Å². The van der Waals surface area contributed by atoms with Crippen molar-refractivity contribution in [2.75, 3.05) is 53.7 Å². The predicted octanol–water partition coefficient (Wildman–Crippen LogP) is 8.56. The third-order valence-electron chi connectivity index (χ3n) is 12.8. The molecule has 2 atom stereocenters. The molecule has 2 aromatic heterocycles. The van der Waals surface area contributed by atoms with E-state index in [2.05, 4.69) is 25.3 Å². The second kappa shape index (κ2) is 31.6. The Hall–Kier alpha value is -6.34. The van der Waals surface area contributed by atoms with E-state index in [1.807, 2.05) is 36.4 Å². The molecular weight excluding hydrogens is 1110 g/mol. The van der Waals surface area contributed by atoms with Gasteiger partial charge in [0.1, 0.15) is 36.2 Å². The second-order valence-electron chi connectivity index (χ2n) is 18.7. The van der Waals surface area contributed by atoms with Crippen LogP contribution in [0.2, 0.25) is 0 Å². The molecule has 3 N–H and O–H groups in total. The Morgan fingerprint density at radius 1 is 0.613 bits per heavy atom. The Balaban J connectivity index is 0.000000244. The number of methoxy groups -OCH3 is 2. The number of piperidine rings is 2. The van der Waals surface area contributed by atoms with Crippen molar-refractivity contribution in [1.29, 1.82) is 0 Å². The Morgan fingerprint density at radius 3 is 1.40 bits per heavy atom. The summed E-state index contributed by atoms with van der Waals surface area (Å²) in [6.45, 7) is 8.75. The minimum atomic E-state index is -3.74. The molecule has 1 amide bonds. The monoisotopic (exact) mass is 1180 g/mol. The molecule has 0 radical (unpaired) electrons. The Morgan fingerprint density at radius 2 is 1.02 bits per heavy atom. The van der Waals surface area contributed by atoms with Gasteiger partial charge in [-0.2, -0.15) is 8.61 Å². The molecule has 432 valence electrons. The number of aromatic nitrogens is 4. The molecule has 0 saturated carbocycles. The van der Waals surface area contributed by atoms with Crippen molar-refractivity contribution in [3.05, 3.63) is 143 Å². The van der Waals surface area contributed by atoms with E-state index < -0.39 is 25.3 Å². The van der Waals surface area contributed by atoms with Crippen LogP contribution in [0.3, 0.4) is 0 Å². The van der Waals surface area contributed by atoms with Crippen molar-refractivity contribution < 1.29 is 54.8 Å². The lowest BCUT2D eigenvalue weighted by Gasteiger charge is -2.35. The van der Waals surface area contributed by atoms with Gasteiger partial charge in [0.25, 0.3) is 0 Å². The van der Waals surface area contributed by atoms with E-state index in [1.54, 1.807) is 109 Å². The third kappa shape index (κ3) is 18.6. The highest BCUT2D eigenvalue weighted by atomic mass is 35.5. The van der Waals surface area contributed by atoms with Gasteiger partial charge in [0.15, 0.2) is 0 Å². The zero-order valence-corrected chi connectivity index (χ0v) is 48.9. The summed E-state index contributed by atoms with van der Waals surface area (Å²) in [4.78, 5) is 39.8. The number of ether oxygens (including phenoxy) is 6. The molecule has 4 aromatic carbocycles. The largest absolute Gasteiger partial charge is 0.497 e. The molecule has 24 heteroatoms. The lowest BCUT2D eigenvalue weighted by Crippen LogP contribution is -2.46. The molecule has 80 heavy (non-hydrogen) atoms. The van der Waals surface area contributed by atoms with E-state index in [1.165, 1.54) is 14.8 Å². The summed E-state index contributed by atoms with van der Waals surface area (Å²) in [5.41, 5.74) is 10.0. The molecule has 4 heterocycles. The number of nitrogens with two attached hydrogens (primary N) is 1. The Kier molecular flexibility index (Phi) is 25.5. The standard InChI is InChI=1S/C28H34N4O6S.C17H24ClNO5S.C11H11N3O.ClH/c1-20-14-25(36-3)15-21(2)28(20)39(34,35)32-13-5-4-6-23(32)18-37-19-26(33)31-16-22-7-9-24(10-8-22)38-27-17-29-11-12-30-27;1-12-8-15(23-3)9-13(2)17(12)25(21,22)19-7-5-4-6-14(19)10-24-11-16(18)20;12-7-9-1-3-10(4-2-9)15-11-8-13-5-6-14-11;/h7-12,14-15,17,23H,4-6,13,16,18-19H2,1-3H3,(H,31,33);8-9,14H,4-7,10-11H2,1-3H3;1-6,8H,7,12H2;1H. The number of halogens is 2. The number of nitrogens with one attached hydrogen (secondary N) is 1. The van der Waals surface area contributed by atoms with Gasteiger partial charge in [0, 0.05) is 63.1 Å². The van der Waals surface area contributed by atoms with Gasteiger partial charge in [-0.25, -0.2) is 26.8 Å². The number of benzene rings is 4. The van der Waals surface area contributed by atoms with Crippen LogP contribution in [-0.4, -0.2) is 122 Å². The van der Waals surface area contributed by atoms with E-state index in [0.717, 1.165) is 42.6 Å². The second-order valence-corrected chi connectivity index (χ2v) is 22.7. The molecule has 2 aliphatic heterocycles. The molecule has 6 aromatic rings. The third-order valence-corrected chi connectivity index (χ3v) is 17.4. The number of rotatable bonds is 21. The highest BCUT2D eigenvalue weighted by molar-refractivity contribution is 7.89. The number of hydrogen-bond acceptors (Lipinski definition) is 17. The van der Waals surface area contributed by atoms with Gasteiger partial charge < -0.3 is 39.5 Å². The summed E-state index contributed by atoms with van der Waals surface area (Å²) < 4.78 is 89.4. The SMILES string of the molecule is COc1cc(C)c(S(=O)(=O)N2CCCCC2COCC(=O)Cl)c(C)c1.COc1cc(C)c(S(=O)(=O)N2CCCCC2COCC(=O)NCc2ccc(Oc3cnccn3)cc2)c(C)c1.Cl.NCc1ccc(Oc2cnccn2)cc1. The zero-order chi connectivity index (χ0) is 57.0. The zero-order valence-electron chi connectivity index (χ0n) is 45.7. The highest BCUT2D eigenvalue weighted by Crippen LogP contribution is 2.34. The molecule has 0 aliphatic carbocycles. The van der Waals surface area contributed by atoms with Crippen LogP contribution < -0.4 is 30.0 Å². The number of nitrogens with zero attached hydrogens (tertiary/aromatic N) is 6. The highest BCUT2D eigenvalue weighted by Gasteiger charge is 2.37. The fourth-order valence-electron chi connectivity index (χ4n) is 9.12. The number of carbonyl (C=O) groups excluding carboxylic acids is 2. The van der Waals surface area contributed by atoms with Crippen LogP contribution in [0.1, 0.15) is 71.9 Å². The molecule has 8 rings (SSSR count). The topological polar surface area (TPSA) is 254 Å². The summed E-state index contributed by atoms with van der Waals surface area (Å²) in [5, 5.41) is 2.24. The van der Waals surface area contributed by atoms with Gasteiger partial charge >= 0.3 is 0 Å². The average molecular weight is 1180 g/mol. The van der Waals surface area contributed by atoms with E-state index in [4.69, 9.17) is 45.8 Å². The normalized spacial score (nSPS) is 15.6. The van der Waals surface area contributed by atoms with Crippen LogP contribution >= 0.6 is 24.0 Å². The lowest BCUT2D eigenvalue weighted by molar-refractivity contribution is -0.126. The van der Waals surface area contributed by atoms with Gasteiger partial charge in [0.2, 0.25) is 43.0 Å². The number of sulfonamides is 2. The van der Waals surface area contributed by atoms with Crippen molar-refractivity contribution in [2.24, 2.45) is 5.73 Å². The summed E-state index contributed by atoms with van der Waals surface area (Å²) in [6, 6.07) is 21.1. The van der Waals surface area contributed by atoms with Gasteiger partial charge in [-0.1, -0.05) is 37.1 Å². The van der Waals surface area contributed by atoms with E-state index in [-0.39, 0.29) is 56.8 Å². The summed E-state index contributed by atoms with van der Waals surface area (Å²) >= 11 is 5.28. The summed E-state index contributed by atoms with van der Waals surface area (Å²) in [6.07, 6.45) is 14.2. The van der Waals surface area contributed by atoms with Crippen LogP contribution in [0, 0.1) is 27.7 Å². The van der Waals surface area contributed by atoms with E-state index in [0.29, 0.717) is 100 Å². The molecule has 20 nitrogen and oxygen atoms in total. The molecule has 0 bridgehead atoms.